The van der Waals surface area contributed by atoms with Gasteiger partial charge in [0.2, 0.25) is 11.8 Å². The topological polar surface area (TPSA) is 80.1 Å². The molecule has 0 radical (unpaired) electrons. The van der Waals surface area contributed by atoms with Crippen molar-refractivity contribution in [3.63, 3.8) is 0 Å². The number of anilines is 1. The van der Waals surface area contributed by atoms with Gasteiger partial charge in [-0.25, -0.2) is 9.67 Å². The Kier molecular flexibility index (Phi) is 4.88. The molecule has 2 amide bonds. The number of carbonyl (C=O) groups excluding carboxylic acids is 2. The highest BCUT2D eigenvalue weighted by molar-refractivity contribution is 5.95. The molecular weight excluding hydrogens is 306 g/mol. The Hall–Kier alpha value is -2.70. The number of nitrogens with zero attached hydrogens (tertiary/aromatic N) is 4. The van der Waals surface area contributed by atoms with Crippen molar-refractivity contribution in [1.29, 1.82) is 0 Å². The summed E-state index contributed by atoms with van der Waals surface area (Å²) in [5.74, 6) is -0.136. The van der Waals surface area contributed by atoms with Crippen LogP contribution in [0, 0.1) is 0 Å². The lowest BCUT2D eigenvalue weighted by Crippen LogP contribution is -2.38. The summed E-state index contributed by atoms with van der Waals surface area (Å²) in [5, 5.41) is 6.74. The largest absolute Gasteiger partial charge is 0.354 e. The number of para-hydroxylation sites is 1. The van der Waals surface area contributed by atoms with Crippen LogP contribution in [0.4, 0.5) is 5.69 Å². The minimum atomic E-state index is -0.446. The molecule has 1 unspecified atom stereocenters. The third kappa shape index (κ3) is 3.45. The average molecular weight is 327 g/mol. The molecule has 2 aromatic rings. The highest BCUT2D eigenvalue weighted by atomic mass is 16.2. The van der Waals surface area contributed by atoms with Crippen molar-refractivity contribution in [3.8, 4) is 0 Å². The second kappa shape index (κ2) is 7.25. The second-order valence-corrected chi connectivity index (χ2v) is 5.87. The zero-order valence-corrected chi connectivity index (χ0v) is 13.7. The first-order chi connectivity index (χ1) is 11.7. The van der Waals surface area contributed by atoms with E-state index in [0.29, 0.717) is 6.54 Å². The molecule has 24 heavy (non-hydrogen) atoms. The summed E-state index contributed by atoms with van der Waals surface area (Å²) in [4.78, 5) is 30.2. The zero-order valence-electron chi connectivity index (χ0n) is 13.7. The van der Waals surface area contributed by atoms with E-state index in [-0.39, 0.29) is 18.2 Å². The summed E-state index contributed by atoms with van der Waals surface area (Å²) in [6.07, 6.45) is 5.15. The minimum absolute atomic E-state index is 0.0378. The van der Waals surface area contributed by atoms with E-state index in [1.165, 1.54) is 22.9 Å². The number of fused-ring (bicyclic) bond motifs is 1. The highest BCUT2D eigenvalue weighted by Crippen LogP contribution is 2.26. The first-order valence-electron chi connectivity index (χ1n) is 8.17. The smallest absolute Gasteiger partial charge is 0.244 e. The number of hydrogen-bond donors (Lipinski definition) is 1. The van der Waals surface area contributed by atoms with Gasteiger partial charge in [0.25, 0.3) is 0 Å². The summed E-state index contributed by atoms with van der Waals surface area (Å²) < 4.78 is 1.48. The van der Waals surface area contributed by atoms with Crippen molar-refractivity contribution < 1.29 is 9.59 Å². The predicted molar refractivity (Wildman–Crippen MR) is 89.5 cm³/mol. The molecule has 1 N–H and O–H groups in total. The third-order valence-corrected chi connectivity index (χ3v) is 4.26. The molecule has 1 aromatic carbocycles. The van der Waals surface area contributed by atoms with Crippen LogP contribution < -0.4 is 10.2 Å². The lowest BCUT2D eigenvalue weighted by molar-refractivity contribution is -0.124. The van der Waals surface area contributed by atoms with E-state index >= 15 is 0 Å². The molecule has 1 aromatic heterocycles. The van der Waals surface area contributed by atoms with Crippen LogP contribution >= 0.6 is 0 Å². The van der Waals surface area contributed by atoms with Crippen LogP contribution in [0.15, 0.2) is 36.9 Å². The van der Waals surface area contributed by atoms with E-state index < -0.39 is 6.04 Å². The van der Waals surface area contributed by atoms with Crippen LogP contribution in [-0.4, -0.2) is 39.7 Å². The zero-order chi connectivity index (χ0) is 16.9. The van der Waals surface area contributed by atoms with Gasteiger partial charge in [-0.3, -0.25) is 9.59 Å². The van der Waals surface area contributed by atoms with E-state index in [1.54, 1.807) is 6.92 Å². The van der Waals surface area contributed by atoms with Crippen molar-refractivity contribution in [3.05, 3.63) is 42.5 Å². The van der Waals surface area contributed by atoms with Gasteiger partial charge in [-0.05, 0) is 31.4 Å². The maximum atomic E-state index is 12.5. The van der Waals surface area contributed by atoms with Gasteiger partial charge in [-0.1, -0.05) is 18.2 Å². The number of amides is 2. The Bertz CT molecular complexity index is 714. The SMILES string of the molecule is CC(C(=O)NCCC(=O)N1CCCc2ccccc21)n1cncn1. The molecule has 126 valence electrons. The summed E-state index contributed by atoms with van der Waals surface area (Å²) in [5.41, 5.74) is 2.21. The van der Waals surface area contributed by atoms with Crippen LogP contribution in [0.5, 0.6) is 0 Å². The van der Waals surface area contributed by atoms with Crippen LogP contribution in [0.1, 0.15) is 31.4 Å². The van der Waals surface area contributed by atoms with Crippen LogP contribution in [0.3, 0.4) is 0 Å². The van der Waals surface area contributed by atoms with E-state index in [2.05, 4.69) is 21.5 Å². The van der Waals surface area contributed by atoms with E-state index in [9.17, 15) is 9.59 Å². The standard InChI is InChI=1S/C17H21N5O2/c1-13(22-12-18-11-20-22)17(24)19-9-8-16(23)21-10-4-6-14-5-2-3-7-15(14)21/h2-3,5,7,11-13H,4,6,8-10H2,1H3,(H,19,24). The van der Waals surface area contributed by atoms with Crippen molar-refractivity contribution in [2.75, 3.05) is 18.0 Å². The van der Waals surface area contributed by atoms with Gasteiger partial charge in [0.05, 0.1) is 0 Å². The Morgan fingerprint density at radius 2 is 2.17 bits per heavy atom. The first kappa shape index (κ1) is 16.2. The maximum Gasteiger partial charge on any atom is 0.244 e. The van der Waals surface area contributed by atoms with E-state index in [4.69, 9.17) is 0 Å². The third-order valence-electron chi connectivity index (χ3n) is 4.26. The normalized spacial score (nSPS) is 14.8. The molecular formula is C17H21N5O2. The van der Waals surface area contributed by atoms with Crippen LogP contribution in [0.25, 0.3) is 0 Å². The van der Waals surface area contributed by atoms with Crippen LogP contribution in [0.2, 0.25) is 0 Å². The van der Waals surface area contributed by atoms with Crippen molar-refractivity contribution >= 4 is 17.5 Å². The van der Waals surface area contributed by atoms with E-state index in [1.807, 2.05) is 23.1 Å². The Balaban J connectivity index is 1.52. The molecule has 0 aliphatic carbocycles. The average Bonchev–Trinajstić information content (AvgIpc) is 3.15. The summed E-state index contributed by atoms with van der Waals surface area (Å²) in [6.45, 7) is 2.79. The fraction of sp³-hybridized carbons (Fsp3) is 0.412. The number of aromatic nitrogens is 3. The molecule has 0 bridgehead atoms. The van der Waals surface area contributed by atoms with Crippen molar-refractivity contribution in [2.24, 2.45) is 0 Å². The fourth-order valence-corrected chi connectivity index (χ4v) is 2.91. The van der Waals surface area contributed by atoms with E-state index in [0.717, 1.165) is 25.1 Å². The number of aryl methyl sites for hydroxylation is 1. The number of rotatable bonds is 5. The minimum Gasteiger partial charge on any atom is -0.354 e. The summed E-state index contributed by atoms with van der Waals surface area (Å²) in [7, 11) is 0. The van der Waals surface area contributed by atoms with Crippen molar-refractivity contribution in [2.45, 2.75) is 32.2 Å². The van der Waals surface area contributed by atoms with Gasteiger partial charge in [0.1, 0.15) is 18.7 Å². The van der Waals surface area contributed by atoms with Gasteiger partial charge in [0, 0.05) is 25.2 Å². The summed E-state index contributed by atoms with van der Waals surface area (Å²) in [6, 6.07) is 7.55. The second-order valence-electron chi connectivity index (χ2n) is 5.87. The molecule has 0 saturated carbocycles. The first-order valence-corrected chi connectivity index (χ1v) is 8.17. The van der Waals surface area contributed by atoms with Gasteiger partial charge in [0.15, 0.2) is 0 Å². The molecule has 1 aliphatic heterocycles. The molecule has 1 atom stereocenters. The molecule has 7 heteroatoms. The van der Waals surface area contributed by atoms with Gasteiger partial charge in [-0.2, -0.15) is 5.10 Å². The predicted octanol–water partition coefficient (Wildman–Crippen LogP) is 1.32. The number of nitrogens with one attached hydrogen (secondary N) is 1. The molecule has 0 spiro atoms. The molecule has 0 fully saturated rings. The summed E-state index contributed by atoms with van der Waals surface area (Å²) >= 11 is 0. The highest BCUT2D eigenvalue weighted by Gasteiger charge is 2.22. The molecule has 2 heterocycles. The van der Waals surface area contributed by atoms with Gasteiger partial charge in [-0.15, -0.1) is 0 Å². The molecule has 7 nitrogen and oxygen atoms in total. The Labute approximate surface area is 140 Å². The number of carbonyl (C=O) groups is 2. The lowest BCUT2D eigenvalue weighted by Gasteiger charge is -2.29. The number of hydrogen-bond acceptors (Lipinski definition) is 4. The number of benzene rings is 1. The lowest BCUT2D eigenvalue weighted by atomic mass is 10.0. The maximum absolute atomic E-state index is 12.5. The monoisotopic (exact) mass is 327 g/mol. The van der Waals surface area contributed by atoms with Gasteiger partial charge >= 0.3 is 0 Å². The molecule has 1 aliphatic rings. The fourth-order valence-electron chi connectivity index (χ4n) is 2.91. The van der Waals surface area contributed by atoms with Gasteiger partial charge < -0.3 is 10.2 Å². The van der Waals surface area contributed by atoms with Crippen molar-refractivity contribution in [1.82, 2.24) is 20.1 Å². The quantitative estimate of drug-likeness (QED) is 0.898. The molecule has 0 saturated heterocycles. The molecule has 3 rings (SSSR count). The Morgan fingerprint density at radius 1 is 1.33 bits per heavy atom. The van der Waals surface area contributed by atoms with Crippen LogP contribution in [-0.2, 0) is 16.0 Å². The Morgan fingerprint density at radius 3 is 2.96 bits per heavy atom.